The molecule has 0 spiro atoms. The summed E-state index contributed by atoms with van der Waals surface area (Å²) in [6.45, 7) is 3.66. The smallest absolute Gasteiger partial charge is 0.320 e. The van der Waals surface area contributed by atoms with Gasteiger partial charge in [0, 0.05) is 12.8 Å². The molecule has 0 aliphatic rings. The van der Waals surface area contributed by atoms with E-state index in [1.165, 1.54) is 6.33 Å². The lowest BCUT2D eigenvalue weighted by Gasteiger charge is -2.23. The summed E-state index contributed by atoms with van der Waals surface area (Å²) in [6.07, 6.45) is 2.12. The monoisotopic (exact) mass is 544 g/mol. The number of hydrogen-bond acceptors (Lipinski definition) is 11. The van der Waals surface area contributed by atoms with E-state index in [-0.39, 0.29) is 26.4 Å². The molecule has 0 fully saturated rings. The number of nitrogens with zero attached hydrogens (tertiary/aromatic N) is 4. The summed E-state index contributed by atoms with van der Waals surface area (Å²) in [6, 6.07) is 14.9. The van der Waals surface area contributed by atoms with Crippen LogP contribution >= 0.6 is 8.53 Å². The van der Waals surface area contributed by atoms with Crippen molar-refractivity contribution >= 4 is 25.8 Å². The summed E-state index contributed by atoms with van der Waals surface area (Å²) < 4.78 is 30.0. The Kier molecular flexibility index (Phi) is 11.2. The van der Waals surface area contributed by atoms with Crippen LogP contribution < -0.4 is 15.3 Å². The molecule has 0 radical (unpaired) electrons. The summed E-state index contributed by atoms with van der Waals surface area (Å²) in [5.74, 6) is 0.499. The molecule has 0 amide bonds. The van der Waals surface area contributed by atoms with Gasteiger partial charge < -0.3 is 29.0 Å². The lowest BCUT2D eigenvalue weighted by atomic mass is 10.1. The summed E-state index contributed by atoms with van der Waals surface area (Å²) in [5.41, 5.74) is 6.97. The van der Waals surface area contributed by atoms with Crippen molar-refractivity contribution in [2.45, 2.75) is 38.4 Å². The Bertz CT molecular complexity index is 1200. The van der Waals surface area contributed by atoms with E-state index in [0.717, 1.165) is 11.2 Å². The molecule has 12 nitrogen and oxygen atoms in total. The van der Waals surface area contributed by atoms with E-state index < -0.39 is 26.2 Å². The average molecular weight is 545 g/mol. The van der Waals surface area contributed by atoms with Gasteiger partial charge in [0.1, 0.15) is 37.4 Å². The van der Waals surface area contributed by atoms with Crippen LogP contribution in [-0.2, 0) is 29.9 Å². The number of ether oxygens (including phenoxy) is 3. The van der Waals surface area contributed by atoms with Crippen molar-refractivity contribution in [3.05, 3.63) is 54.5 Å². The molecule has 0 bridgehead atoms. The molecular formula is C25H33N6O6P. The Morgan fingerprint density at radius 1 is 1.26 bits per heavy atom. The van der Waals surface area contributed by atoms with Crippen LogP contribution in [0.3, 0.4) is 0 Å². The number of rotatable bonds is 16. The maximum atomic E-state index is 12.3. The predicted octanol–water partition coefficient (Wildman–Crippen LogP) is 3.03. The van der Waals surface area contributed by atoms with Gasteiger partial charge in [-0.1, -0.05) is 18.2 Å². The van der Waals surface area contributed by atoms with Crippen LogP contribution in [0.5, 0.6) is 5.75 Å². The average Bonchev–Trinajstić information content (AvgIpc) is 3.35. The first kappa shape index (κ1) is 29.2. The number of anilines is 1. The van der Waals surface area contributed by atoms with Gasteiger partial charge in [-0.15, -0.1) is 0 Å². The standard InChI is InChI=1S/C25H33N6O6P/c1-25(2,33-3)17-35-23(32)15-30-38(37-20-7-5-4-6-8-20)36-16-21(34-14-13-26)11-9-19-10-12-22-24(27)28-18-29-31(19)22/h4-8,10,12,18,21,30H,9,11,14-17H2,1-3H3,(H2,27,28,29). The second-order valence-corrected chi connectivity index (χ2v) is 10.1. The molecule has 2 atom stereocenters. The number of nitrogens with two attached hydrogens (primary N) is 1. The van der Waals surface area contributed by atoms with Gasteiger partial charge in [-0.2, -0.15) is 10.4 Å². The second-order valence-electron chi connectivity index (χ2n) is 8.81. The summed E-state index contributed by atoms with van der Waals surface area (Å²) >= 11 is 0. The highest BCUT2D eigenvalue weighted by atomic mass is 31.2. The first-order valence-corrected chi connectivity index (χ1v) is 13.1. The Labute approximate surface area is 222 Å². The highest BCUT2D eigenvalue weighted by molar-refractivity contribution is 7.45. The van der Waals surface area contributed by atoms with Gasteiger partial charge >= 0.3 is 14.5 Å². The number of benzene rings is 1. The number of nitrogen functional groups attached to an aromatic ring is 1. The van der Waals surface area contributed by atoms with Crippen molar-refractivity contribution in [1.29, 1.82) is 5.26 Å². The number of hydrogen-bond donors (Lipinski definition) is 2. The number of fused-ring (bicyclic) bond motifs is 1. The Hall–Kier alpha value is -3.33. The number of aromatic nitrogens is 3. The number of para-hydroxylation sites is 1. The highest BCUT2D eigenvalue weighted by Gasteiger charge is 2.22. The van der Waals surface area contributed by atoms with Crippen LogP contribution in [0, 0.1) is 11.3 Å². The molecule has 2 aromatic heterocycles. The molecule has 38 heavy (non-hydrogen) atoms. The van der Waals surface area contributed by atoms with Crippen LogP contribution in [0.25, 0.3) is 5.52 Å². The SMILES string of the molecule is COC(C)(C)COC(=O)CNP(OCC(CCc1ccc2c(N)ncnn12)OCC#N)Oc1ccccc1. The first-order chi connectivity index (χ1) is 18.3. The molecule has 204 valence electrons. The van der Waals surface area contributed by atoms with Crippen LogP contribution in [-0.4, -0.2) is 65.7 Å². The maximum Gasteiger partial charge on any atom is 0.320 e. The summed E-state index contributed by atoms with van der Waals surface area (Å²) in [7, 11) is -0.180. The zero-order chi connectivity index (χ0) is 27.4. The molecular weight excluding hydrogens is 511 g/mol. The van der Waals surface area contributed by atoms with E-state index in [4.69, 9.17) is 34.3 Å². The number of carbonyl (C=O) groups excluding carboxylic acids is 1. The number of nitrogens with one attached hydrogen (secondary N) is 1. The Morgan fingerprint density at radius 2 is 2.05 bits per heavy atom. The van der Waals surface area contributed by atoms with Gasteiger partial charge in [-0.3, -0.25) is 4.79 Å². The van der Waals surface area contributed by atoms with Gasteiger partial charge in [0.25, 0.3) is 0 Å². The molecule has 0 aliphatic carbocycles. The number of carbonyl (C=O) groups is 1. The van der Waals surface area contributed by atoms with Crippen LogP contribution in [0.15, 0.2) is 48.8 Å². The number of esters is 1. The first-order valence-electron chi connectivity index (χ1n) is 12.0. The molecule has 13 heteroatoms. The number of nitriles is 1. The second kappa shape index (κ2) is 14.6. The predicted molar refractivity (Wildman–Crippen MR) is 141 cm³/mol. The maximum absolute atomic E-state index is 12.3. The van der Waals surface area contributed by atoms with E-state index in [2.05, 4.69) is 15.2 Å². The third kappa shape index (κ3) is 9.20. The van der Waals surface area contributed by atoms with Crippen LogP contribution in [0.1, 0.15) is 26.0 Å². The normalized spacial score (nSPS) is 13.1. The van der Waals surface area contributed by atoms with Crippen molar-refractivity contribution in [3.8, 4) is 11.8 Å². The van der Waals surface area contributed by atoms with Crippen molar-refractivity contribution in [3.63, 3.8) is 0 Å². The van der Waals surface area contributed by atoms with Crippen LogP contribution in [0.4, 0.5) is 5.82 Å². The largest absolute Gasteiger partial charge is 0.462 e. The quantitative estimate of drug-likeness (QED) is 0.202. The Balaban J connectivity index is 1.60. The van der Waals surface area contributed by atoms with E-state index in [0.29, 0.717) is 24.4 Å². The van der Waals surface area contributed by atoms with Gasteiger partial charge in [-0.25, -0.2) is 14.6 Å². The molecule has 3 rings (SSSR count). The summed E-state index contributed by atoms with van der Waals surface area (Å²) in [5, 5.41) is 16.3. The van der Waals surface area contributed by atoms with Crippen molar-refractivity contribution in [1.82, 2.24) is 19.7 Å². The lowest BCUT2D eigenvalue weighted by molar-refractivity contribution is -0.149. The zero-order valence-corrected chi connectivity index (χ0v) is 22.6. The minimum Gasteiger partial charge on any atom is -0.462 e. The molecule has 1 aromatic carbocycles. The van der Waals surface area contributed by atoms with Gasteiger partial charge in [0.05, 0.1) is 24.4 Å². The molecule has 2 heterocycles. The molecule has 3 N–H and O–H groups in total. The number of aryl methyl sites for hydroxylation is 1. The molecule has 2 unspecified atom stereocenters. The van der Waals surface area contributed by atoms with E-state index in [1.54, 1.807) is 23.8 Å². The Morgan fingerprint density at radius 3 is 2.79 bits per heavy atom. The number of methoxy groups -OCH3 is 1. The van der Waals surface area contributed by atoms with Gasteiger partial charge in [-0.05, 0) is 51.0 Å². The van der Waals surface area contributed by atoms with E-state index in [9.17, 15) is 4.79 Å². The summed E-state index contributed by atoms with van der Waals surface area (Å²) in [4.78, 5) is 16.3. The van der Waals surface area contributed by atoms with Gasteiger partial charge in [0.2, 0.25) is 0 Å². The van der Waals surface area contributed by atoms with Gasteiger partial charge in [0.15, 0.2) is 5.82 Å². The van der Waals surface area contributed by atoms with Crippen molar-refractivity contribution < 1.29 is 28.1 Å². The minimum atomic E-state index is -1.74. The molecule has 0 saturated heterocycles. The minimum absolute atomic E-state index is 0.0927. The van der Waals surface area contributed by atoms with E-state index in [1.807, 2.05) is 50.2 Å². The lowest BCUT2D eigenvalue weighted by Crippen LogP contribution is -2.33. The third-order valence-corrected chi connectivity index (χ3v) is 6.64. The van der Waals surface area contributed by atoms with Crippen LogP contribution in [0.2, 0.25) is 0 Å². The molecule has 3 aromatic rings. The molecule has 0 aliphatic heterocycles. The zero-order valence-electron chi connectivity index (χ0n) is 21.7. The third-order valence-electron chi connectivity index (χ3n) is 5.46. The topological polar surface area (TPSA) is 155 Å². The molecule has 0 saturated carbocycles. The highest BCUT2D eigenvalue weighted by Crippen LogP contribution is 2.35. The van der Waals surface area contributed by atoms with Crippen molar-refractivity contribution in [2.24, 2.45) is 0 Å². The fraction of sp³-hybridized carbons (Fsp3) is 0.440. The fourth-order valence-corrected chi connectivity index (χ4v) is 4.28. The fourth-order valence-electron chi connectivity index (χ4n) is 3.20. The van der Waals surface area contributed by atoms with E-state index >= 15 is 0 Å². The van der Waals surface area contributed by atoms with Crippen molar-refractivity contribution in [2.75, 3.05) is 39.2 Å².